The first-order chi connectivity index (χ1) is 9.01. The number of hydrogen-bond acceptors (Lipinski definition) is 2. The molecule has 0 aliphatic heterocycles. The largest absolute Gasteiger partial charge is 0.388 e. The second-order valence-corrected chi connectivity index (χ2v) is 4.83. The van der Waals surface area contributed by atoms with Crippen LogP contribution in [0.15, 0.2) is 24.3 Å². The molecule has 0 saturated heterocycles. The molecule has 2 aromatic rings. The standard InChI is InChI=1S/C15H19FN2O/c1-4-12-8-13(18(3)17-12)9-15(19)14-6-5-11(16)7-10(14)2/h5-8,15,19H,4,9H2,1-3H3. The van der Waals surface area contributed by atoms with Crippen molar-refractivity contribution < 1.29 is 9.50 Å². The molecule has 1 N–H and O–H groups in total. The molecule has 0 spiro atoms. The average molecular weight is 262 g/mol. The first-order valence-corrected chi connectivity index (χ1v) is 6.47. The molecule has 0 bridgehead atoms. The Bertz CT molecular complexity index is 578. The first-order valence-electron chi connectivity index (χ1n) is 6.47. The van der Waals surface area contributed by atoms with Crippen LogP contribution in [0.25, 0.3) is 0 Å². The van der Waals surface area contributed by atoms with Gasteiger partial charge in [-0.2, -0.15) is 5.10 Å². The predicted octanol–water partition coefficient (Wildman–Crippen LogP) is 2.71. The average Bonchev–Trinajstić information content (AvgIpc) is 2.70. The van der Waals surface area contributed by atoms with Gasteiger partial charge in [0.05, 0.1) is 11.8 Å². The molecular formula is C15H19FN2O. The van der Waals surface area contributed by atoms with Crippen LogP contribution in [0.2, 0.25) is 0 Å². The molecule has 0 amide bonds. The SMILES string of the molecule is CCc1cc(CC(O)c2ccc(F)cc2C)n(C)n1. The van der Waals surface area contributed by atoms with Gasteiger partial charge in [-0.3, -0.25) is 4.68 Å². The Morgan fingerprint density at radius 1 is 1.37 bits per heavy atom. The summed E-state index contributed by atoms with van der Waals surface area (Å²) in [5, 5.41) is 14.6. The van der Waals surface area contributed by atoms with Crippen LogP contribution in [-0.2, 0) is 19.9 Å². The minimum atomic E-state index is -0.638. The third-order valence-corrected chi connectivity index (χ3v) is 3.38. The summed E-state index contributed by atoms with van der Waals surface area (Å²) in [4.78, 5) is 0. The van der Waals surface area contributed by atoms with Gasteiger partial charge in [0, 0.05) is 19.2 Å². The molecule has 1 heterocycles. The van der Waals surface area contributed by atoms with E-state index in [9.17, 15) is 9.50 Å². The Morgan fingerprint density at radius 2 is 2.11 bits per heavy atom. The molecule has 1 unspecified atom stereocenters. The molecule has 0 saturated carbocycles. The maximum absolute atomic E-state index is 13.1. The Morgan fingerprint density at radius 3 is 2.68 bits per heavy atom. The maximum Gasteiger partial charge on any atom is 0.123 e. The smallest absolute Gasteiger partial charge is 0.123 e. The number of aryl methyl sites for hydroxylation is 3. The fraction of sp³-hybridized carbons (Fsp3) is 0.400. The molecular weight excluding hydrogens is 243 g/mol. The van der Waals surface area contributed by atoms with Gasteiger partial charge in [0.1, 0.15) is 5.82 Å². The van der Waals surface area contributed by atoms with Gasteiger partial charge in [0.25, 0.3) is 0 Å². The number of aliphatic hydroxyl groups excluding tert-OH is 1. The molecule has 1 aromatic carbocycles. The third-order valence-electron chi connectivity index (χ3n) is 3.38. The molecule has 4 heteroatoms. The van der Waals surface area contributed by atoms with Crippen LogP contribution < -0.4 is 0 Å². The van der Waals surface area contributed by atoms with Gasteiger partial charge in [-0.25, -0.2) is 4.39 Å². The second-order valence-electron chi connectivity index (χ2n) is 4.83. The highest BCUT2D eigenvalue weighted by Crippen LogP contribution is 2.22. The van der Waals surface area contributed by atoms with Crippen LogP contribution in [0.1, 0.15) is 35.5 Å². The Balaban J connectivity index is 2.20. The van der Waals surface area contributed by atoms with Gasteiger partial charge in [0.2, 0.25) is 0 Å². The van der Waals surface area contributed by atoms with E-state index in [-0.39, 0.29) is 5.82 Å². The Labute approximate surface area is 112 Å². The highest BCUT2D eigenvalue weighted by Gasteiger charge is 2.14. The van der Waals surface area contributed by atoms with E-state index in [1.54, 1.807) is 10.7 Å². The molecule has 2 rings (SSSR count). The third kappa shape index (κ3) is 3.01. The molecule has 102 valence electrons. The molecule has 0 radical (unpaired) electrons. The minimum Gasteiger partial charge on any atom is -0.388 e. The van der Waals surface area contributed by atoms with Crippen LogP contribution in [0, 0.1) is 12.7 Å². The van der Waals surface area contributed by atoms with Gasteiger partial charge in [-0.05, 0) is 42.7 Å². The summed E-state index contributed by atoms with van der Waals surface area (Å²) in [7, 11) is 1.87. The second kappa shape index (κ2) is 5.53. The van der Waals surface area contributed by atoms with Crippen LogP contribution in [0.5, 0.6) is 0 Å². The summed E-state index contributed by atoms with van der Waals surface area (Å²) >= 11 is 0. The topological polar surface area (TPSA) is 38.0 Å². The van der Waals surface area contributed by atoms with E-state index in [0.29, 0.717) is 6.42 Å². The fourth-order valence-corrected chi connectivity index (χ4v) is 2.26. The van der Waals surface area contributed by atoms with Gasteiger partial charge in [0.15, 0.2) is 0 Å². The molecule has 0 aliphatic rings. The predicted molar refractivity (Wildman–Crippen MR) is 72.4 cm³/mol. The summed E-state index contributed by atoms with van der Waals surface area (Å²) in [6.07, 6.45) is 0.718. The van der Waals surface area contributed by atoms with E-state index >= 15 is 0 Å². The van der Waals surface area contributed by atoms with Crippen LogP contribution in [-0.4, -0.2) is 14.9 Å². The zero-order valence-electron chi connectivity index (χ0n) is 11.5. The van der Waals surface area contributed by atoms with E-state index in [4.69, 9.17) is 0 Å². The van der Waals surface area contributed by atoms with Crippen molar-refractivity contribution in [2.24, 2.45) is 7.05 Å². The van der Waals surface area contributed by atoms with E-state index in [0.717, 1.165) is 28.9 Å². The summed E-state index contributed by atoms with van der Waals surface area (Å²) in [6.45, 7) is 3.86. The zero-order chi connectivity index (χ0) is 14.0. The zero-order valence-corrected chi connectivity index (χ0v) is 11.5. The van der Waals surface area contributed by atoms with Crippen molar-refractivity contribution in [1.29, 1.82) is 0 Å². The lowest BCUT2D eigenvalue weighted by atomic mass is 9.99. The summed E-state index contributed by atoms with van der Waals surface area (Å²) in [5.74, 6) is -0.276. The van der Waals surface area contributed by atoms with Gasteiger partial charge >= 0.3 is 0 Å². The van der Waals surface area contributed by atoms with E-state index in [2.05, 4.69) is 5.10 Å². The first kappa shape index (κ1) is 13.7. The van der Waals surface area contributed by atoms with E-state index in [1.807, 2.05) is 27.0 Å². The number of aliphatic hydroxyl groups is 1. The molecule has 1 atom stereocenters. The Kier molecular flexibility index (Phi) is 4.00. The molecule has 3 nitrogen and oxygen atoms in total. The number of aromatic nitrogens is 2. The quantitative estimate of drug-likeness (QED) is 0.920. The molecule has 19 heavy (non-hydrogen) atoms. The Hall–Kier alpha value is -1.68. The lowest BCUT2D eigenvalue weighted by Crippen LogP contribution is -2.08. The number of rotatable bonds is 4. The molecule has 1 aromatic heterocycles. The molecule has 0 fully saturated rings. The maximum atomic E-state index is 13.1. The van der Waals surface area contributed by atoms with Crippen molar-refractivity contribution in [2.75, 3.05) is 0 Å². The van der Waals surface area contributed by atoms with Crippen LogP contribution in [0.4, 0.5) is 4.39 Å². The van der Waals surface area contributed by atoms with Crippen molar-refractivity contribution in [2.45, 2.75) is 32.8 Å². The van der Waals surface area contributed by atoms with Crippen molar-refractivity contribution in [3.8, 4) is 0 Å². The highest BCUT2D eigenvalue weighted by atomic mass is 19.1. The summed E-state index contributed by atoms with van der Waals surface area (Å²) in [5.41, 5.74) is 3.53. The van der Waals surface area contributed by atoms with E-state index in [1.165, 1.54) is 12.1 Å². The summed E-state index contributed by atoms with van der Waals surface area (Å²) in [6, 6.07) is 6.47. The number of nitrogens with zero attached hydrogens (tertiary/aromatic N) is 2. The van der Waals surface area contributed by atoms with Crippen molar-refractivity contribution >= 4 is 0 Å². The van der Waals surface area contributed by atoms with Crippen LogP contribution >= 0.6 is 0 Å². The monoisotopic (exact) mass is 262 g/mol. The number of benzene rings is 1. The van der Waals surface area contributed by atoms with Crippen molar-refractivity contribution in [3.63, 3.8) is 0 Å². The van der Waals surface area contributed by atoms with Gasteiger partial charge in [-0.15, -0.1) is 0 Å². The lowest BCUT2D eigenvalue weighted by Gasteiger charge is -2.13. The number of halogens is 1. The molecule has 0 aliphatic carbocycles. The summed E-state index contributed by atoms with van der Waals surface area (Å²) < 4.78 is 14.8. The van der Waals surface area contributed by atoms with E-state index < -0.39 is 6.10 Å². The van der Waals surface area contributed by atoms with Crippen molar-refractivity contribution in [3.05, 3.63) is 52.6 Å². The minimum absolute atomic E-state index is 0.276. The van der Waals surface area contributed by atoms with Gasteiger partial charge < -0.3 is 5.11 Å². The lowest BCUT2D eigenvalue weighted by molar-refractivity contribution is 0.175. The number of hydrogen-bond donors (Lipinski definition) is 1. The van der Waals surface area contributed by atoms with Crippen molar-refractivity contribution in [1.82, 2.24) is 9.78 Å². The fourth-order valence-electron chi connectivity index (χ4n) is 2.26. The highest BCUT2D eigenvalue weighted by molar-refractivity contribution is 5.29. The normalized spacial score (nSPS) is 12.7. The van der Waals surface area contributed by atoms with Gasteiger partial charge in [-0.1, -0.05) is 13.0 Å². The van der Waals surface area contributed by atoms with Crippen LogP contribution in [0.3, 0.4) is 0 Å².